The van der Waals surface area contributed by atoms with Crippen LogP contribution in [-0.2, 0) is 11.3 Å². The summed E-state index contributed by atoms with van der Waals surface area (Å²) in [5, 5.41) is 13.0. The number of benzene rings is 1. The third-order valence-corrected chi connectivity index (χ3v) is 3.59. The molecule has 0 aliphatic heterocycles. The maximum atomic E-state index is 12.0. The van der Waals surface area contributed by atoms with Crippen LogP contribution in [0.2, 0.25) is 0 Å². The van der Waals surface area contributed by atoms with E-state index in [1.54, 1.807) is 41.5 Å². The first-order chi connectivity index (χ1) is 9.70. The maximum Gasteiger partial charge on any atom is 0.246 e. The minimum atomic E-state index is -0.0797. The maximum absolute atomic E-state index is 12.0. The van der Waals surface area contributed by atoms with Crippen LogP contribution in [0.1, 0.15) is 16.7 Å². The molecule has 0 fully saturated rings. The molecule has 0 atom stereocenters. The van der Waals surface area contributed by atoms with Gasteiger partial charge < -0.3 is 4.90 Å². The summed E-state index contributed by atoms with van der Waals surface area (Å²) in [6.07, 6.45) is 3.19. The molecule has 1 aromatic carbocycles. The Bertz CT molecular complexity index is 653. The molecule has 2 rings (SSSR count). The fourth-order valence-electron chi connectivity index (χ4n) is 1.77. The molecule has 1 heterocycles. The predicted molar refractivity (Wildman–Crippen MR) is 81.0 cm³/mol. The van der Waals surface area contributed by atoms with Crippen LogP contribution in [-0.4, -0.2) is 17.9 Å². The lowest BCUT2D eigenvalue weighted by Crippen LogP contribution is -2.23. The molecular weight excluding hydrogens is 268 g/mol. The van der Waals surface area contributed by atoms with E-state index in [4.69, 9.17) is 5.26 Å². The standard InChI is InChI=1S/C16H14N2OS/c1-18(11-13-8-9-20-12-13)16(19)7-6-14-4-2-3-5-15(14)10-17/h2-9,12H,11H2,1H3. The Labute approximate surface area is 122 Å². The van der Waals surface area contributed by atoms with Crippen LogP contribution in [0.4, 0.5) is 0 Å². The van der Waals surface area contributed by atoms with Gasteiger partial charge in [0, 0.05) is 19.7 Å². The van der Waals surface area contributed by atoms with Crippen molar-refractivity contribution in [1.82, 2.24) is 4.90 Å². The summed E-state index contributed by atoms with van der Waals surface area (Å²) in [5.74, 6) is -0.0797. The van der Waals surface area contributed by atoms with Crippen molar-refractivity contribution in [2.75, 3.05) is 7.05 Å². The Kier molecular flexibility index (Phi) is 4.70. The van der Waals surface area contributed by atoms with Gasteiger partial charge in [-0.2, -0.15) is 16.6 Å². The third kappa shape index (κ3) is 3.56. The van der Waals surface area contributed by atoms with E-state index in [1.807, 2.05) is 29.0 Å². The van der Waals surface area contributed by atoms with Crippen molar-refractivity contribution in [3.05, 3.63) is 63.9 Å². The molecule has 0 saturated carbocycles. The molecule has 0 unspecified atom stereocenters. The molecule has 4 heteroatoms. The fraction of sp³-hybridized carbons (Fsp3) is 0.125. The normalized spacial score (nSPS) is 10.4. The van der Waals surface area contributed by atoms with Crippen LogP contribution in [0.15, 0.2) is 47.2 Å². The quantitative estimate of drug-likeness (QED) is 0.808. The highest BCUT2D eigenvalue weighted by molar-refractivity contribution is 7.07. The van der Waals surface area contributed by atoms with Crippen molar-refractivity contribution >= 4 is 23.3 Å². The highest BCUT2D eigenvalue weighted by atomic mass is 32.1. The lowest BCUT2D eigenvalue weighted by molar-refractivity contribution is -0.125. The van der Waals surface area contributed by atoms with Gasteiger partial charge in [-0.25, -0.2) is 0 Å². The molecule has 0 bridgehead atoms. The zero-order valence-corrected chi connectivity index (χ0v) is 11.9. The van der Waals surface area contributed by atoms with Gasteiger partial charge in [0.2, 0.25) is 5.91 Å². The van der Waals surface area contributed by atoms with Crippen LogP contribution < -0.4 is 0 Å². The molecule has 20 heavy (non-hydrogen) atoms. The van der Waals surface area contributed by atoms with Crippen molar-refractivity contribution in [1.29, 1.82) is 5.26 Å². The molecule has 0 saturated heterocycles. The van der Waals surface area contributed by atoms with Gasteiger partial charge in [-0.3, -0.25) is 4.79 Å². The highest BCUT2D eigenvalue weighted by Crippen LogP contribution is 2.11. The smallest absolute Gasteiger partial charge is 0.246 e. The summed E-state index contributed by atoms with van der Waals surface area (Å²) in [4.78, 5) is 13.6. The molecule has 0 spiro atoms. The van der Waals surface area contributed by atoms with E-state index in [9.17, 15) is 4.79 Å². The first kappa shape index (κ1) is 14.0. The van der Waals surface area contributed by atoms with E-state index in [-0.39, 0.29) is 5.91 Å². The molecule has 0 radical (unpaired) electrons. The topological polar surface area (TPSA) is 44.1 Å². The second-order valence-corrected chi connectivity index (χ2v) is 5.14. The van der Waals surface area contributed by atoms with E-state index < -0.39 is 0 Å². The second kappa shape index (κ2) is 6.69. The number of likely N-dealkylation sites (N-methyl/N-ethyl adjacent to an activating group) is 1. The Morgan fingerprint density at radius 2 is 2.20 bits per heavy atom. The monoisotopic (exact) mass is 282 g/mol. The number of carbonyl (C=O) groups is 1. The lowest BCUT2D eigenvalue weighted by atomic mass is 10.1. The predicted octanol–water partition coefficient (Wildman–Crippen LogP) is 3.29. The number of rotatable bonds is 4. The van der Waals surface area contributed by atoms with Crippen LogP contribution in [0.25, 0.3) is 6.08 Å². The minimum Gasteiger partial charge on any atom is -0.338 e. The zero-order valence-electron chi connectivity index (χ0n) is 11.1. The number of amides is 1. The van der Waals surface area contributed by atoms with Gasteiger partial charge in [-0.15, -0.1) is 0 Å². The average molecular weight is 282 g/mol. The summed E-state index contributed by atoms with van der Waals surface area (Å²) in [7, 11) is 1.76. The van der Waals surface area contributed by atoms with Gasteiger partial charge in [0.1, 0.15) is 0 Å². The number of nitrogens with zero attached hydrogens (tertiary/aromatic N) is 2. The minimum absolute atomic E-state index is 0.0797. The SMILES string of the molecule is CN(Cc1ccsc1)C(=O)C=Cc1ccccc1C#N. The van der Waals surface area contributed by atoms with Crippen molar-refractivity contribution in [3.8, 4) is 6.07 Å². The van der Waals surface area contributed by atoms with E-state index in [1.165, 1.54) is 6.08 Å². The molecule has 0 N–H and O–H groups in total. The summed E-state index contributed by atoms with van der Waals surface area (Å²) in [6.45, 7) is 0.590. The Balaban J connectivity index is 2.03. The van der Waals surface area contributed by atoms with Gasteiger partial charge in [0.05, 0.1) is 11.6 Å². The van der Waals surface area contributed by atoms with Crippen LogP contribution in [0, 0.1) is 11.3 Å². The Morgan fingerprint density at radius 3 is 2.90 bits per heavy atom. The van der Waals surface area contributed by atoms with Crippen LogP contribution in [0.5, 0.6) is 0 Å². The van der Waals surface area contributed by atoms with E-state index >= 15 is 0 Å². The number of carbonyl (C=O) groups excluding carboxylic acids is 1. The van der Waals surface area contributed by atoms with Crippen molar-refractivity contribution in [3.63, 3.8) is 0 Å². The molecule has 100 valence electrons. The van der Waals surface area contributed by atoms with Crippen molar-refractivity contribution in [2.24, 2.45) is 0 Å². The Morgan fingerprint density at radius 1 is 1.40 bits per heavy atom. The van der Waals surface area contributed by atoms with Gasteiger partial charge in [-0.05, 0) is 40.1 Å². The van der Waals surface area contributed by atoms with Crippen molar-refractivity contribution < 1.29 is 4.79 Å². The summed E-state index contributed by atoms with van der Waals surface area (Å²) < 4.78 is 0. The molecule has 1 aromatic heterocycles. The van der Waals surface area contributed by atoms with Gasteiger partial charge in [0.25, 0.3) is 0 Å². The number of nitriles is 1. The largest absolute Gasteiger partial charge is 0.338 e. The highest BCUT2D eigenvalue weighted by Gasteiger charge is 2.06. The third-order valence-electron chi connectivity index (χ3n) is 2.86. The molecular formula is C16H14N2OS. The molecule has 2 aromatic rings. The van der Waals surface area contributed by atoms with E-state index in [0.717, 1.165) is 11.1 Å². The van der Waals surface area contributed by atoms with E-state index in [0.29, 0.717) is 12.1 Å². The van der Waals surface area contributed by atoms with Crippen LogP contribution >= 0.6 is 11.3 Å². The fourth-order valence-corrected chi connectivity index (χ4v) is 2.43. The van der Waals surface area contributed by atoms with Gasteiger partial charge in [-0.1, -0.05) is 18.2 Å². The first-order valence-corrected chi connectivity index (χ1v) is 7.08. The molecule has 3 nitrogen and oxygen atoms in total. The van der Waals surface area contributed by atoms with Crippen LogP contribution in [0.3, 0.4) is 0 Å². The second-order valence-electron chi connectivity index (χ2n) is 4.36. The number of thiophene rings is 1. The average Bonchev–Trinajstić information content (AvgIpc) is 2.97. The Hall–Kier alpha value is -2.38. The first-order valence-electron chi connectivity index (χ1n) is 6.14. The number of hydrogen-bond donors (Lipinski definition) is 0. The zero-order chi connectivity index (χ0) is 14.4. The van der Waals surface area contributed by atoms with Gasteiger partial charge in [0.15, 0.2) is 0 Å². The van der Waals surface area contributed by atoms with Gasteiger partial charge >= 0.3 is 0 Å². The summed E-state index contributed by atoms with van der Waals surface area (Å²) in [6, 6.07) is 11.3. The molecule has 1 amide bonds. The summed E-state index contributed by atoms with van der Waals surface area (Å²) >= 11 is 1.62. The number of hydrogen-bond acceptors (Lipinski definition) is 3. The van der Waals surface area contributed by atoms with E-state index in [2.05, 4.69) is 6.07 Å². The van der Waals surface area contributed by atoms with Crippen molar-refractivity contribution in [2.45, 2.75) is 6.54 Å². The molecule has 0 aliphatic carbocycles. The summed E-state index contributed by atoms with van der Waals surface area (Å²) in [5.41, 5.74) is 2.45. The molecule has 0 aliphatic rings. The lowest BCUT2D eigenvalue weighted by Gasteiger charge is -2.13.